The standard InChI is InChI=1S/C13H14N4O/c1-8-5-10(3-4-15-8)17-13(18)11-7-16-9(2)6-12(11)14/h3-7H,1-2H3,(H2,14,16)(H,15,17,18). The van der Waals surface area contributed by atoms with Gasteiger partial charge in [0.15, 0.2) is 0 Å². The van der Waals surface area contributed by atoms with Crippen molar-refractivity contribution in [2.75, 3.05) is 11.1 Å². The van der Waals surface area contributed by atoms with Crippen molar-refractivity contribution in [2.24, 2.45) is 0 Å². The van der Waals surface area contributed by atoms with Crippen LogP contribution in [0, 0.1) is 13.8 Å². The molecule has 0 spiro atoms. The Balaban J connectivity index is 2.22. The molecule has 18 heavy (non-hydrogen) atoms. The quantitative estimate of drug-likeness (QED) is 0.843. The molecule has 5 nitrogen and oxygen atoms in total. The van der Waals surface area contributed by atoms with Crippen LogP contribution < -0.4 is 11.1 Å². The molecule has 92 valence electrons. The maximum absolute atomic E-state index is 12.0. The van der Waals surface area contributed by atoms with Gasteiger partial charge in [0.1, 0.15) is 0 Å². The minimum absolute atomic E-state index is 0.273. The summed E-state index contributed by atoms with van der Waals surface area (Å²) in [4.78, 5) is 20.1. The van der Waals surface area contributed by atoms with Crippen LogP contribution in [0.5, 0.6) is 0 Å². The zero-order chi connectivity index (χ0) is 13.1. The number of aromatic nitrogens is 2. The van der Waals surface area contributed by atoms with Gasteiger partial charge in [-0.05, 0) is 32.0 Å². The van der Waals surface area contributed by atoms with Crippen LogP contribution in [0.15, 0.2) is 30.6 Å². The third-order valence-corrected chi connectivity index (χ3v) is 2.47. The normalized spacial score (nSPS) is 10.1. The van der Waals surface area contributed by atoms with E-state index in [4.69, 9.17) is 5.73 Å². The molecule has 0 aromatic carbocycles. The topological polar surface area (TPSA) is 80.9 Å². The zero-order valence-corrected chi connectivity index (χ0v) is 10.3. The molecule has 0 aliphatic heterocycles. The molecule has 5 heteroatoms. The number of nitrogen functional groups attached to an aromatic ring is 1. The van der Waals surface area contributed by atoms with E-state index >= 15 is 0 Å². The number of nitrogens with one attached hydrogen (secondary N) is 1. The monoisotopic (exact) mass is 242 g/mol. The van der Waals surface area contributed by atoms with Crippen LogP contribution in [0.4, 0.5) is 11.4 Å². The van der Waals surface area contributed by atoms with E-state index in [1.54, 1.807) is 24.4 Å². The zero-order valence-electron chi connectivity index (χ0n) is 10.3. The molecular formula is C13H14N4O. The van der Waals surface area contributed by atoms with Gasteiger partial charge < -0.3 is 11.1 Å². The van der Waals surface area contributed by atoms with Gasteiger partial charge in [0.25, 0.3) is 5.91 Å². The summed E-state index contributed by atoms with van der Waals surface area (Å²) in [5.74, 6) is -0.273. The fraction of sp³-hybridized carbons (Fsp3) is 0.154. The Hall–Kier alpha value is -2.43. The maximum Gasteiger partial charge on any atom is 0.259 e. The van der Waals surface area contributed by atoms with Gasteiger partial charge in [0.05, 0.1) is 5.56 Å². The molecule has 2 heterocycles. The van der Waals surface area contributed by atoms with Crippen molar-refractivity contribution >= 4 is 17.3 Å². The highest BCUT2D eigenvalue weighted by molar-refractivity contribution is 6.07. The van der Waals surface area contributed by atoms with E-state index in [2.05, 4.69) is 15.3 Å². The first-order valence-electron chi connectivity index (χ1n) is 5.52. The number of rotatable bonds is 2. The minimum Gasteiger partial charge on any atom is -0.398 e. The average Bonchev–Trinajstić information content (AvgIpc) is 2.28. The smallest absolute Gasteiger partial charge is 0.259 e. The van der Waals surface area contributed by atoms with Gasteiger partial charge in [-0.2, -0.15) is 0 Å². The summed E-state index contributed by atoms with van der Waals surface area (Å²) < 4.78 is 0. The van der Waals surface area contributed by atoms with Gasteiger partial charge in [0, 0.05) is 35.2 Å². The summed E-state index contributed by atoms with van der Waals surface area (Å²) in [5.41, 5.74) is 8.89. The average molecular weight is 242 g/mol. The summed E-state index contributed by atoms with van der Waals surface area (Å²) in [7, 11) is 0. The van der Waals surface area contributed by atoms with Gasteiger partial charge in [-0.1, -0.05) is 0 Å². The molecule has 0 bridgehead atoms. The highest BCUT2D eigenvalue weighted by Crippen LogP contribution is 2.14. The predicted molar refractivity (Wildman–Crippen MR) is 70.3 cm³/mol. The third kappa shape index (κ3) is 2.63. The van der Waals surface area contributed by atoms with E-state index in [1.165, 1.54) is 6.20 Å². The van der Waals surface area contributed by atoms with E-state index in [0.29, 0.717) is 16.9 Å². The molecule has 0 saturated carbocycles. The van der Waals surface area contributed by atoms with Crippen LogP contribution in [-0.2, 0) is 0 Å². The fourth-order valence-electron chi connectivity index (χ4n) is 1.59. The Bertz CT molecular complexity index is 595. The molecule has 0 atom stereocenters. The summed E-state index contributed by atoms with van der Waals surface area (Å²) in [6.45, 7) is 3.68. The van der Waals surface area contributed by atoms with E-state index < -0.39 is 0 Å². The molecule has 0 unspecified atom stereocenters. The second-order valence-corrected chi connectivity index (χ2v) is 4.05. The first-order valence-corrected chi connectivity index (χ1v) is 5.52. The highest BCUT2D eigenvalue weighted by Gasteiger charge is 2.10. The number of carbonyl (C=O) groups is 1. The van der Waals surface area contributed by atoms with Crippen molar-refractivity contribution in [1.29, 1.82) is 0 Å². The number of anilines is 2. The van der Waals surface area contributed by atoms with Gasteiger partial charge in [-0.3, -0.25) is 14.8 Å². The Morgan fingerprint density at radius 3 is 2.61 bits per heavy atom. The van der Waals surface area contributed by atoms with Gasteiger partial charge >= 0.3 is 0 Å². The summed E-state index contributed by atoms with van der Waals surface area (Å²) in [5, 5.41) is 2.76. The van der Waals surface area contributed by atoms with Crippen molar-refractivity contribution in [2.45, 2.75) is 13.8 Å². The number of carbonyl (C=O) groups excluding carboxylic acids is 1. The van der Waals surface area contributed by atoms with E-state index in [1.807, 2.05) is 13.8 Å². The lowest BCUT2D eigenvalue weighted by atomic mass is 10.2. The third-order valence-electron chi connectivity index (χ3n) is 2.47. The Morgan fingerprint density at radius 2 is 1.94 bits per heavy atom. The van der Waals surface area contributed by atoms with Crippen molar-refractivity contribution < 1.29 is 4.79 Å². The molecule has 2 aromatic rings. The van der Waals surface area contributed by atoms with Gasteiger partial charge in [-0.15, -0.1) is 0 Å². The number of nitrogens with zero attached hydrogens (tertiary/aromatic N) is 2. The SMILES string of the molecule is Cc1cc(NC(=O)c2cnc(C)cc2N)ccn1. The number of nitrogens with two attached hydrogens (primary N) is 1. The van der Waals surface area contributed by atoms with Crippen molar-refractivity contribution in [3.05, 3.63) is 47.5 Å². The molecule has 2 aromatic heterocycles. The first-order chi connectivity index (χ1) is 8.56. The van der Waals surface area contributed by atoms with Gasteiger partial charge in [0.2, 0.25) is 0 Å². The van der Waals surface area contributed by atoms with Crippen LogP contribution in [0.1, 0.15) is 21.7 Å². The molecule has 0 saturated heterocycles. The minimum atomic E-state index is -0.273. The van der Waals surface area contributed by atoms with Gasteiger partial charge in [-0.25, -0.2) is 0 Å². The second-order valence-electron chi connectivity index (χ2n) is 4.05. The van der Waals surface area contributed by atoms with E-state index in [9.17, 15) is 4.79 Å². The van der Waals surface area contributed by atoms with E-state index in [0.717, 1.165) is 11.4 Å². The summed E-state index contributed by atoms with van der Waals surface area (Å²) >= 11 is 0. The summed E-state index contributed by atoms with van der Waals surface area (Å²) in [6, 6.07) is 5.19. The predicted octanol–water partition coefficient (Wildman–Crippen LogP) is 1.93. The highest BCUT2D eigenvalue weighted by atomic mass is 16.1. The number of hydrogen-bond donors (Lipinski definition) is 2. The Kier molecular flexibility index (Phi) is 3.23. The van der Waals surface area contributed by atoms with E-state index in [-0.39, 0.29) is 5.91 Å². The lowest BCUT2D eigenvalue weighted by molar-refractivity contribution is 0.102. The van der Waals surface area contributed by atoms with Crippen molar-refractivity contribution in [3.8, 4) is 0 Å². The largest absolute Gasteiger partial charge is 0.398 e. The Labute approximate surface area is 105 Å². The second kappa shape index (κ2) is 4.83. The number of amides is 1. The molecule has 2 rings (SSSR count). The summed E-state index contributed by atoms with van der Waals surface area (Å²) in [6.07, 6.45) is 3.12. The molecule has 0 aliphatic carbocycles. The van der Waals surface area contributed by atoms with Crippen molar-refractivity contribution in [1.82, 2.24) is 9.97 Å². The molecule has 0 aliphatic rings. The number of pyridine rings is 2. The molecule has 0 fully saturated rings. The fourth-order valence-corrected chi connectivity index (χ4v) is 1.59. The van der Waals surface area contributed by atoms with Crippen LogP contribution in [0.3, 0.4) is 0 Å². The van der Waals surface area contributed by atoms with Crippen LogP contribution >= 0.6 is 0 Å². The van der Waals surface area contributed by atoms with Crippen molar-refractivity contribution in [3.63, 3.8) is 0 Å². The number of hydrogen-bond acceptors (Lipinski definition) is 4. The maximum atomic E-state index is 12.0. The van der Waals surface area contributed by atoms with Crippen LogP contribution in [-0.4, -0.2) is 15.9 Å². The molecular weight excluding hydrogens is 228 g/mol. The molecule has 3 N–H and O–H groups in total. The lowest BCUT2D eigenvalue weighted by Crippen LogP contribution is -2.14. The number of aryl methyl sites for hydroxylation is 2. The first kappa shape index (κ1) is 12.0. The molecule has 1 amide bonds. The van der Waals surface area contributed by atoms with Crippen LogP contribution in [0.2, 0.25) is 0 Å². The molecule has 0 radical (unpaired) electrons. The Morgan fingerprint density at radius 1 is 1.22 bits per heavy atom. The lowest BCUT2D eigenvalue weighted by Gasteiger charge is -2.07. The van der Waals surface area contributed by atoms with Crippen LogP contribution in [0.25, 0.3) is 0 Å².